The Bertz CT molecular complexity index is 958. The molecule has 3 heterocycles. The minimum atomic E-state index is -0.692. The highest BCUT2D eigenvalue weighted by molar-refractivity contribution is 6.08. The van der Waals surface area contributed by atoms with Gasteiger partial charge in [-0.1, -0.05) is 30.3 Å². The largest absolute Gasteiger partial charge is 0.352 e. The van der Waals surface area contributed by atoms with E-state index in [0.29, 0.717) is 6.04 Å². The van der Waals surface area contributed by atoms with Crippen LogP contribution in [0, 0.1) is 0 Å². The van der Waals surface area contributed by atoms with Gasteiger partial charge in [0.2, 0.25) is 5.54 Å². The van der Waals surface area contributed by atoms with Crippen molar-refractivity contribution in [2.45, 2.75) is 24.9 Å². The summed E-state index contributed by atoms with van der Waals surface area (Å²) in [7, 11) is 0. The number of fused-ring (bicyclic) bond motifs is 6. The molecule has 0 unspecified atom stereocenters. The summed E-state index contributed by atoms with van der Waals surface area (Å²) in [5.41, 5.74) is 4.72. The van der Waals surface area contributed by atoms with Crippen LogP contribution in [-0.2, 0) is 16.8 Å². The van der Waals surface area contributed by atoms with E-state index in [0.717, 1.165) is 28.9 Å². The van der Waals surface area contributed by atoms with Crippen LogP contribution in [0.3, 0.4) is 0 Å². The van der Waals surface area contributed by atoms with Gasteiger partial charge >= 0.3 is 0 Å². The lowest BCUT2D eigenvalue weighted by molar-refractivity contribution is -0.742. The highest BCUT2D eigenvalue weighted by Gasteiger charge is 2.57. The summed E-state index contributed by atoms with van der Waals surface area (Å²) >= 11 is 0. The number of aromatic nitrogens is 1. The minimum Gasteiger partial charge on any atom is -0.352 e. The third kappa shape index (κ3) is 1.51. The lowest BCUT2D eigenvalue weighted by atomic mass is 9.80. The highest BCUT2D eigenvalue weighted by atomic mass is 16.2. The van der Waals surface area contributed by atoms with Crippen molar-refractivity contribution in [2.24, 2.45) is 0 Å². The normalized spacial score (nSPS) is 25.4. The summed E-state index contributed by atoms with van der Waals surface area (Å²) in [4.78, 5) is 16.6. The number of anilines is 1. The van der Waals surface area contributed by atoms with Crippen LogP contribution in [0.15, 0.2) is 48.5 Å². The first-order chi connectivity index (χ1) is 11.2. The maximum Gasteiger partial charge on any atom is 0.297 e. The van der Waals surface area contributed by atoms with Crippen molar-refractivity contribution in [3.8, 4) is 0 Å². The zero-order valence-corrected chi connectivity index (χ0v) is 12.9. The van der Waals surface area contributed by atoms with Gasteiger partial charge in [-0.15, -0.1) is 0 Å². The Hall–Kier alpha value is -2.59. The van der Waals surface area contributed by atoms with Crippen LogP contribution in [0.2, 0.25) is 0 Å². The third-order valence-corrected chi connectivity index (χ3v) is 5.23. The Kier molecular flexibility index (Phi) is 2.38. The summed E-state index contributed by atoms with van der Waals surface area (Å²) in [5.74, 6) is 0.0538. The smallest absolute Gasteiger partial charge is 0.297 e. The molecule has 2 atom stereocenters. The molecule has 0 saturated carbocycles. The van der Waals surface area contributed by atoms with Gasteiger partial charge in [0.25, 0.3) is 5.91 Å². The fraction of sp³-hybridized carbons (Fsp3) is 0.211. The Balaban J connectivity index is 1.88. The van der Waals surface area contributed by atoms with Crippen molar-refractivity contribution in [3.63, 3.8) is 0 Å². The van der Waals surface area contributed by atoms with Crippen LogP contribution in [-0.4, -0.2) is 16.9 Å². The number of H-pyrrole nitrogens is 1. The van der Waals surface area contributed by atoms with Gasteiger partial charge < -0.3 is 15.6 Å². The van der Waals surface area contributed by atoms with Crippen LogP contribution >= 0.6 is 0 Å². The van der Waals surface area contributed by atoms with Gasteiger partial charge in [0.1, 0.15) is 0 Å². The van der Waals surface area contributed by atoms with Gasteiger partial charge in [0.15, 0.2) is 0 Å². The van der Waals surface area contributed by atoms with Crippen molar-refractivity contribution >= 4 is 22.5 Å². The molecule has 0 fully saturated rings. The number of hydrogen-bond acceptors (Lipinski definition) is 1. The highest BCUT2D eigenvalue weighted by Crippen LogP contribution is 2.42. The summed E-state index contributed by atoms with van der Waals surface area (Å²) in [6, 6.07) is 16.7. The number of benzene rings is 2. The average Bonchev–Trinajstić information content (AvgIpc) is 3.05. The molecule has 1 spiro atoms. The standard InChI is InChI=1S/C19H17N3O/c1-11-10-13-12-6-2-4-8-15(12)20-17(13)19(22-11)14-7-3-5-9-16(14)21-18(19)23/h2-9,11,20,22H,10H2,1H3,(H,21,23)/p+1/t11-,19+/m1/s1. The molecule has 2 aliphatic rings. The first-order valence-corrected chi connectivity index (χ1v) is 8.07. The Labute approximate surface area is 133 Å². The summed E-state index contributed by atoms with van der Waals surface area (Å²) in [6.07, 6.45) is 0.969. The van der Waals surface area contributed by atoms with Crippen LogP contribution < -0.4 is 10.6 Å². The fourth-order valence-corrected chi connectivity index (χ4v) is 4.33. The molecule has 1 amide bonds. The SMILES string of the molecule is C[C@@H]1Cc2c([nH]c3ccccc23)[C@]2([NH2+]1)C(=O)Nc1ccccc12. The number of quaternary nitrogens is 1. The van der Waals surface area contributed by atoms with Crippen molar-refractivity contribution in [1.82, 2.24) is 4.98 Å². The third-order valence-electron chi connectivity index (χ3n) is 5.23. The van der Waals surface area contributed by atoms with Crippen molar-refractivity contribution < 1.29 is 10.1 Å². The molecule has 1 aromatic heterocycles. The summed E-state index contributed by atoms with van der Waals surface area (Å²) < 4.78 is 0. The molecule has 4 N–H and O–H groups in total. The van der Waals surface area contributed by atoms with Crippen LogP contribution in [0.4, 0.5) is 5.69 Å². The summed E-state index contributed by atoms with van der Waals surface area (Å²) in [6.45, 7) is 2.20. The van der Waals surface area contributed by atoms with Gasteiger partial charge in [0, 0.05) is 17.3 Å². The van der Waals surface area contributed by atoms with E-state index in [4.69, 9.17) is 0 Å². The molecule has 4 heteroatoms. The first-order valence-electron chi connectivity index (χ1n) is 8.07. The van der Waals surface area contributed by atoms with E-state index in [1.54, 1.807) is 0 Å². The first kappa shape index (κ1) is 12.9. The molecule has 5 rings (SSSR count). The van der Waals surface area contributed by atoms with Crippen molar-refractivity contribution in [3.05, 3.63) is 65.4 Å². The van der Waals surface area contributed by atoms with E-state index >= 15 is 0 Å². The van der Waals surface area contributed by atoms with E-state index in [1.165, 1.54) is 10.9 Å². The number of carbonyl (C=O) groups is 1. The van der Waals surface area contributed by atoms with E-state index in [1.807, 2.05) is 24.3 Å². The molecule has 2 aliphatic heterocycles. The van der Waals surface area contributed by atoms with Gasteiger partial charge in [-0.2, -0.15) is 0 Å². The molecule has 0 aliphatic carbocycles. The zero-order chi connectivity index (χ0) is 15.6. The van der Waals surface area contributed by atoms with Crippen molar-refractivity contribution in [1.29, 1.82) is 0 Å². The van der Waals surface area contributed by atoms with E-state index in [-0.39, 0.29) is 5.91 Å². The lowest BCUT2D eigenvalue weighted by Crippen LogP contribution is -3.02. The molecule has 3 aromatic rings. The average molecular weight is 304 g/mol. The number of rotatable bonds is 0. The molecule has 0 bridgehead atoms. The molecule has 23 heavy (non-hydrogen) atoms. The Morgan fingerprint density at radius 1 is 1.13 bits per heavy atom. The predicted molar refractivity (Wildman–Crippen MR) is 89.2 cm³/mol. The Morgan fingerprint density at radius 2 is 1.91 bits per heavy atom. The van der Waals surface area contributed by atoms with E-state index in [9.17, 15) is 4.79 Å². The van der Waals surface area contributed by atoms with Gasteiger partial charge in [-0.3, -0.25) is 4.79 Å². The Morgan fingerprint density at radius 3 is 2.83 bits per heavy atom. The number of para-hydroxylation sites is 2. The monoisotopic (exact) mass is 304 g/mol. The maximum atomic E-state index is 13.0. The zero-order valence-electron chi connectivity index (χ0n) is 12.9. The summed E-state index contributed by atoms with van der Waals surface area (Å²) in [5, 5.41) is 6.52. The topological polar surface area (TPSA) is 61.5 Å². The van der Waals surface area contributed by atoms with Crippen molar-refractivity contribution in [2.75, 3.05) is 5.32 Å². The molecule has 0 radical (unpaired) electrons. The number of nitrogens with one attached hydrogen (secondary N) is 2. The van der Waals surface area contributed by atoms with Gasteiger partial charge in [-0.05, 0) is 30.7 Å². The lowest BCUT2D eigenvalue weighted by Gasteiger charge is -2.33. The maximum absolute atomic E-state index is 13.0. The number of amides is 1. The van der Waals surface area contributed by atoms with E-state index in [2.05, 4.69) is 46.8 Å². The van der Waals surface area contributed by atoms with Crippen LogP contribution in [0.25, 0.3) is 10.9 Å². The fourth-order valence-electron chi connectivity index (χ4n) is 4.33. The number of carbonyl (C=O) groups excluding carboxylic acids is 1. The second-order valence-corrected chi connectivity index (χ2v) is 6.68. The number of hydrogen-bond donors (Lipinski definition) is 3. The second kappa shape index (κ2) is 4.24. The van der Waals surface area contributed by atoms with Crippen LogP contribution in [0.1, 0.15) is 23.7 Å². The molecule has 0 saturated heterocycles. The van der Waals surface area contributed by atoms with Gasteiger partial charge in [0.05, 0.1) is 23.0 Å². The molecule has 4 nitrogen and oxygen atoms in total. The van der Waals surface area contributed by atoms with Crippen LogP contribution in [0.5, 0.6) is 0 Å². The van der Waals surface area contributed by atoms with Gasteiger partial charge in [-0.25, -0.2) is 0 Å². The number of nitrogens with two attached hydrogens (primary N) is 1. The molecular weight excluding hydrogens is 286 g/mol. The minimum absolute atomic E-state index is 0.0538. The molecule has 2 aromatic carbocycles. The molecular formula is C19H18N3O+. The quantitative estimate of drug-likeness (QED) is 0.583. The predicted octanol–water partition coefficient (Wildman–Crippen LogP) is 1.87. The van der Waals surface area contributed by atoms with E-state index < -0.39 is 5.54 Å². The second-order valence-electron chi connectivity index (χ2n) is 6.68. The molecule has 114 valence electrons. The number of aromatic amines is 1.